The molecular weight excluding hydrogens is 255 g/mol. The minimum absolute atomic E-state index is 0.000621. The summed E-state index contributed by atoms with van der Waals surface area (Å²) in [4.78, 5) is 14.9. The molecule has 0 aliphatic heterocycles. The van der Waals surface area contributed by atoms with E-state index in [-0.39, 0.29) is 5.56 Å². The molecular formula is C11H7FN4OS. The summed E-state index contributed by atoms with van der Waals surface area (Å²) in [7, 11) is 0. The van der Waals surface area contributed by atoms with Gasteiger partial charge in [-0.15, -0.1) is 5.10 Å². The molecule has 0 saturated carbocycles. The highest BCUT2D eigenvalue weighted by Gasteiger charge is 2.10. The fourth-order valence-electron chi connectivity index (χ4n) is 1.59. The van der Waals surface area contributed by atoms with Crippen LogP contribution in [-0.4, -0.2) is 21.1 Å². The van der Waals surface area contributed by atoms with Crippen LogP contribution in [0.5, 0.6) is 0 Å². The van der Waals surface area contributed by atoms with Crippen LogP contribution in [0.3, 0.4) is 0 Å². The molecule has 7 heteroatoms. The van der Waals surface area contributed by atoms with Crippen LogP contribution in [0.4, 0.5) is 10.2 Å². The fraction of sp³-hybridized carbons (Fsp3) is 0. The average molecular weight is 262 g/mol. The Balaban J connectivity index is 2.19. The van der Waals surface area contributed by atoms with Crippen molar-refractivity contribution in [2.45, 2.75) is 0 Å². The van der Waals surface area contributed by atoms with Crippen LogP contribution >= 0.6 is 11.3 Å². The first kappa shape index (κ1) is 10.8. The van der Waals surface area contributed by atoms with Gasteiger partial charge in [0.05, 0.1) is 15.8 Å². The Morgan fingerprint density at radius 3 is 2.94 bits per heavy atom. The van der Waals surface area contributed by atoms with Gasteiger partial charge in [0.2, 0.25) is 5.13 Å². The number of carbonyl (C=O) groups excluding carboxylic acids is 1. The number of aromatic nitrogens is 3. The molecule has 3 rings (SSSR count). The highest BCUT2D eigenvalue weighted by Crippen LogP contribution is 2.26. The fourth-order valence-corrected chi connectivity index (χ4v) is 2.49. The van der Waals surface area contributed by atoms with Gasteiger partial charge in [0.15, 0.2) is 6.29 Å². The molecule has 5 nitrogen and oxygen atoms in total. The maximum Gasteiger partial charge on any atom is 0.211 e. The molecule has 0 aliphatic carbocycles. The molecule has 2 N–H and O–H groups in total. The third-order valence-corrected chi connectivity index (χ3v) is 3.44. The molecule has 0 fully saturated rings. The van der Waals surface area contributed by atoms with Crippen LogP contribution in [0, 0.1) is 5.82 Å². The summed E-state index contributed by atoms with van der Waals surface area (Å²) in [5, 5.41) is 4.59. The van der Waals surface area contributed by atoms with E-state index in [4.69, 9.17) is 5.73 Å². The maximum atomic E-state index is 13.4. The van der Waals surface area contributed by atoms with Gasteiger partial charge in [-0.25, -0.2) is 14.1 Å². The number of nitrogen functional groups attached to an aromatic ring is 1. The van der Waals surface area contributed by atoms with E-state index in [1.807, 2.05) is 0 Å². The van der Waals surface area contributed by atoms with Gasteiger partial charge in [0.1, 0.15) is 11.6 Å². The summed E-state index contributed by atoms with van der Waals surface area (Å²) in [6.07, 6.45) is 2.14. The van der Waals surface area contributed by atoms with Crippen molar-refractivity contribution in [1.29, 1.82) is 0 Å². The van der Waals surface area contributed by atoms with Crippen LogP contribution in [-0.2, 0) is 0 Å². The molecule has 18 heavy (non-hydrogen) atoms. The summed E-state index contributed by atoms with van der Waals surface area (Å²) >= 11 is 1.27. The number of halogens is 1. The zero-order valence-corrected chi connectivity index (χ0v) is 9.82. The average Bonchev–Trinajstić information content (AvgIpc) is 2.93. The van der Waals surface area contributed by atoms with Crippen molar-refractivity contribution in [3.8, 4) is 5.13 Å². The van der Waals surface area contributed by atoms with E-state index in [9.17, 15) is 9.18 Å². The molecule has 0 amide bonds. The summed E-state index contributed by atoms with van der Waals surface area (Å²) < 4.78 is 15.6. The number of benzene rings is 1. The Bertz CT molecular complexity index is 749. The third-order valence-electron chi connectivity index (χ3n) is 2.43. The molecule has 0 aliphatic rings. The first-order valence-electron chi connectivity index (χ1n) is 5.04. The van der Waals surface area contributed by atoms with Gasteiger partial charge in [-0.05, 0) is 12.1 Å². The van der Waals surface area contributed by atoms with Gasteiger partial charge in [-0.2, -0.15) is 0 Å². The lowest BCUT2D eigenvalue weighted by atomic mass is 10.2. The van der Waals surface area contributed by atoms with Gasteiger partial charge in [-0.3, -0.25) is 4.79 Å². The number of hydrogen-bond donors (Lipinski definition) is 1. The zero-order chi connectivity index (χ0) is 12.7. The first-order valence-corrected chi connectivity index (χ1v) is 5.86. The molecule has 2 heterocycles. The van der Waals surface area contributed by atoms with E-state index in [1.165, 1.54) is 28.2 Å². The molecule has 0 bridgehead atoms. The van der Waals surface area contributed by atoms with E-state index in [1.54, 1.807) is 12.3 Å². The minimum atomic E-state index is -0.548. The van der Waals surface area contributed by atoms with E-state index < -0.39 is 5.82 Å². The van der Waals surface area contributed by atoms with Gasteiger partial charge in [0, 0.05) is 12.3 Å². The number of nitrogens with two attached hydrogens (primary N) is 1. The predicted octanol–water partition coefficient (Wildman–Crippen LogP) is 2.02. The second kappa shape index (κ2) is 3.88. The Morgan fingerprint density at radius 2 is 2.28 bits per heavy atom. The van der Waals surface area contributed by atoms with Crippen molar-refractivity contribution in [1.82, 2.24) is 14.8 Å². The van der Waals surface area contributed by atoms with Crippen molar-refractivity contribution in [3.63, 3.8) is 0 Å². The molecule has 2 aromatic heterocycles. The summed E-state index contributed by atoms with van der Waals surface area (Å²) in [5.41, 5.74) is 6.08. The van der Waals surface area contributed by atoms with Crippen LogP contribution in [0.2, 0.25) is 0 Å². The van der Waals surface area contributed by atoms with Crippen LogP contribution in [0.1, 0.15) is 10.4 Å². The van der Waals surface area contributed by atoms with Crippen LogP contribution < -0.4 is 5.73 Å². The number of anilines is 1. The third kappa shape index (κ3) is 1.65. The van der Waals surface area contributed by atoms with E-state index in [2.05, 4.69) is 10.1 Å². The topological polar surface area (TPSA) is 73.8 Å². The van der Waals surface area contributed by atoms with Crippen molar-refractivity contribution < 1.29 is 9.18 Å². The van der Waals surface area contributed by atoms with Gasteiger partial charge in [-0.1, -0.05) is 11.3 Å². The minimum Gasteiger partial charge on any atom is -0.382 e. The lowest BCUT2D eigenvalue weighted by molar-refractivity contribution is 0.112. The number of hydrogen-bond acceptors (Lipinski definition) is 5. The summed E-state index contributed by atoms with van der Waals surface area (Å²) in [5.74, 6) is -0.165. The molecule has 0 saturated heterocycles. The quantitative estimate of drug-likeness (QED) is 0.717. The molecule has 90 valence electrons. The van der Waals surface area contributed by atoms with Crippen molar-refractivity contribution in [3.05, 3.63) is 35.8 Å². The molecule has 0 atom stereocenters. The number of thiazole rings is 1. The van der Waals surface area contributed by atoms with Gasteiger partial charge >= 0.3 is 0 Å². The number of fused-ring (bicyclic) bond motifs is 1. The largest absolute Gasteiger partial charge is 0.382 e. The standard InChI is InChI=1S/C11H7FN4OS/c12-7-4-9-8(3-6(7)5-17)14-11(18-9)16-2-1-10(13)15-16/h1-5H,(H2,13,15). The Labute approximate surface area is 105 Å². The molecule has 0 radical (unpaired) electrons. The SMILES string of the molecule is Nc1ccn(-c2nc3cc(C=O)c(F)cc3s2)n1. The smallest absolute Gasteiger partial charge is 0.211 e. The van der Waals surface area contributed by atoms with E-state index in [0.29, 0.717) is 27.5 Å². The zero-order valence-electron chi connectivity index (χ0n) is 9.00. The van der Waals surface area contributed by atoms with E-state index >= 15 is 0 Å². The first-order chi connectivity index (χ1) is 8.67. The molecule has 0 unspecified atom stereocenters. The molecule has 1 aromatic carbocycles. The van der Waals surface area contributed by atoms with Crippen LogP contribution in [0.25, 0.3) is 15.3 Å². The lowest BCUT2D eigenvalue weighted by Gasteiger charge is -1.92. The highest BCUT2D eigenvalue weighted by atomic mass is 32.1. The Hall–Kier alpha value is -2.28. The lowest BCUT2D eigenvalue weighted by Crippen LogP contribution is -1.94. The number of carbonyl (C=O) groups is 1. The predicted molar refractivity (Wildman–Crippen MR) is 66.5 cm³/mol. The van der Waals surface area contributed by atoms with E-state index in [0.717, 1.165) is 0 Å². The van der Waals surface area contributed by atoms with Gasteiger partial charge < -0.3 is 5.73 Å². The van der Waals surface area contributed by atoms with Crippen molar-refractivity contribution >= 4 is 33.7 Å². The monoisotopic (exact) mass is 262 g/mol. The van der Waals surface area contributed by atoms with Crippen LogP contribution in [0.15, 0.2) is 24.4 Å². The van der Waals surface area contributed by atoms with Crippen molar-refractivity contribution in [2.75, 3.05) is 5.73 Å². The second-order valence-electron chi connectivity index (χ2n) is 3.64. The Morgan fingerprint density at radius 1 is 1.44 bits per heavy atom. The van der Waals surface area contributed by atoms with Gasteiger partial charge in [0.25, 0.3) is 0 Å². The summed E-state index contributed by atoms with van der Waals surface area (Å²) in [6.45, 7) is 0. The highest BCUT2D eigenvalue weighted by molar-refractivity contribution is 7.20. The summed E-state index contributed by atoms with van der Waals surface area (Å²) in [6, 6.07) is 4.36. The Kier molecular flexibility index (Phi) is 2.34. The molecule has 3 aromatic rings. The number of aldehydes is 1. The number of nitrogens with zero attached hydrogens (tertiary/aromatic N) is 3. The molecule has 0 spiro atoms. The number of rotatable bonds is 2. The normalized spacial score (nSPS) is 10.9. The maximum absolute atomic E-state index is 13.4. The second-order valence-corrected chi connectivity index (χ2v) is 4.65. The van der Waals surface area contributed by atoms with Crippen molar-refractivity contribution in [2.24, 2.45) is 0 Å².